The molecule has 0 radical (unpaired) electrons. The summed E-state index contributed by atoms with van der Waals surface area (Å²) in [6.07, 6.45) is 3.07. The van der Waals surface area contributed by atoms with E-state index >= 15 is 0 Å². The highest BCUT2D eigenvalue weighted by molar-refractivity contribution is 5.77. The zero-order valence-corrected chi connectivity index (χ0v) is 13.1. The third-order valence-electron chi connectivity index (χ3n) is 4.27. The van der Waals surface area contributed by atoms with Gasteiger partial charge in [0.2, 0.25) is 5.91 Å². The summed E-state index contributed by atoms with van der Waals surface area (Å²) in [6, 6.07) is 8.80. The normalized spacial score (nSPS) is 20.3. The topological polar surface area (TPSA) is 58.4 Å². The Bertz CT molecular complexity index is 475. The zero-order chi connectivity index (χ0) is 15.2. The number of hydrogen-bond acceptors (Lipinski definition) is 3. The summed E-state index contributed by atoms with van der Waals surface area (Å²) in [5, 5.41) is 3.54. The molecule has 3 N–H and O–H groups in total. The van der Waals surface area contributed by atoms with Crippen LogP contribution in [0.1, 0.15) is 44.7 Å². The number of carbonyl (C=O) groups excluding carboxylic acids is 1. The Labute approximate surface area is 127 Å². The van der Waals surface area contributed by atoms with Gasteiger partial charge in [0.1, 0.15) is 0 Å². The lowest BCUT2D eigenvalue weighted by atomic mass is 9.95. The fourth-order valence-corrected chi connectivity index (χ4v) is 3.04. The van der Waals surface area contributed by atoms with E-state index < -0.39 is 0 Å². The van der Waals surface area contributed by atoms with Gasteiger partial charge in [0.25, 0.3) is 0 Å². The van der Waals surface area contributed by atoms with E-state index in [-0.39, 0.29) is 11.8 Å². The van der Waals surface area contributed by atoms with E-state index in [1.54, 1.807) is 0 Å². The molecule has 4 heteroatoms. The van der Waals surface area contributed by atoms with Gasteiger partial charge in [-0.1, -0.05) is 25.1 Å². The van der Waals surface area contributed by atoms with Gasteiger partial charge in [-0.05, 0) is 44.4 Å². The third-order valence-corrected chi connectivity index (χ3v) is 4.27. The highest BCUT2D eigenvalue weighted by atomic mass is 16.1. The molecule has 2 rings (SSSR count). The molecule has 1 fully saturated rings. The molecule has 0 aliphatic carbocycles. The maximum atomic E-state index is 11.5. The van der Waals surface area contributed by atoms with Gasteiger partial charge in [0.05, 0.1) is 5.92 Å². The van der Waals surface area contributed by atoms with Gasteiger partial charge in [-0.2, -0.15) is 0 Å². The van der Waals surface area contributed by atoms with Crippen LogP contribution < -0.4 is 16.0 Å². The molecule has 2 unspecified atom stereocenters. The average molecular weight is 289 g/mol. The molecule has 1 aliphatic heterocycles. The van der Waals surface area contributed by atoms with E-state index in [9.17, 15) is 4.79 Å². The van der Waals surface area contributed by atoms with E-state index in [0.717, 1.165) is 38.9 Å². The molecule has 1 aromatic carbocycles. The largest absolute Gasteiger partial charge is 0.370 e. The molecule has 0 spiro atoms. The number of amides is 1. The molecule has 0 bridgehead atoms. The maximum Gasteiger partial charge on any atom is 0.222 e. The first-order valence-electron chi connectivity index (χ1n) is 8.00. The summed E-state index contributed by atoms with van der Waals surface area (Å²) in [4.78, 5) is 13.8. The molecule has 0 aromatic heterocycles. The van der Waals surface area contributed by atoms with Crippen molar-refractivity contribution in [3.63, 3.8) is 0 Å². The van der Waals surface area contributed by atoms with Crippen LogP contribution in [0.15, 0.2) is 24.3 Å². The van der Waals surface area contributed by atoms with Gasteiger partial charge in [-0.3, -0.25) is 4.79 Å². The van der Waals surface area contributed by atoms with Crippen LogP contribution in [0.2, 0.25) is 0 Å². The number of rotatable bonds is 6. The van der Waals surface area contributed by atoms with Gasteiger partial charge in [-0.15, -0.1) is 0 Å². The van der Waals surface area contributed by atoms with Crippen LogP contribution in [0.3, 0.4) is 0 Å². The molecular formula is C17H27N3O. The molecular weight excluding hydrogens is 262 g/mol. The molecule has 1 aromatic rings. The van der Waals surface area contributed by atoms with Crippen molar-refractivity contribution in [1.82, 2.24) is 5.32 Å². The summed E-state index contributed by atoms with van der Waals surface area (Å²) in [6.45, 7) is 7.13. The SMILES string of the molecule is CCCNC(C)c1ccccc1N1CCCC(C(N)=O)C1. The Hall–Kier alpha value is -1.55. The van der Waals surface area contributed by atoms with Crippen molar-refractivity contribution in [1.29, 1.82) is 0 Å². The van der Waals surface area contributed by atoms with Crippen molar-refractivity contribution < 1.29 is 4.79 Å². The predicted molar refractivity (Wildman–Crippen MR) is 87.3 cm³/mol. The predicted octanol–water partition coefficient (Wildman–Crippen LogP) is 2.45. The van der Waals surface area contributed by atoms with Crippen LogP contribution in [0.25, 0.3) is 0 Å². The second-order valence-corrected chi connectivity index (χ2v) is 5.92. The Morgan fingerprint density at radius 1 is 1.48 bits per heavy atom. The molecule has 4 nitrogen and oxygen atoms in total. The van der Waals surface area contributed by atoms with E-state index in [1.165, 1.54) is 11.3 Å². The zero-order valence-electron chi connectivity index (χ0n) is 13.1. The Morgan fingerprint density at radius 3 is 2.95 bits per heavy atom. The highest BCUT2D eigenvalue weighted by Crippen LogP contribution is 2.30. The van der Waals surface area contributed by atoms with Crippen LogP contribution in [-0.2, 0) is 4.79 Å². The van der Waals surface area contributed by atoms with E-state index in [2.05, 4.69) is 48.3 Å². The smallest absolute Gasteiger partial charge is 0.222 e. The third kappa shape index (κ3) is 3.97. The average Bonchev–Trinajstić information content (AvgIpc) is 2.52. The molecule has 1 saturated heterocycles. The molecule has 116 valence electrons. The Kier molecular flexibility index (Phi) is 5.62. The van der Waals surface area contributed by atoms with Crippen molar-refractivity contribution in [2.24, 2.45) is 11.7 Å². The van der Waals surface area contributed by atoms with Gasteiger partial charge in [0, 0.05) is 24.8 Å². The summed E-state index contributed by atoms with van der Waals surface area (Å²) in [7, 11) is 0. The summed E-state index contributed by atoms with van der Waals surface area (Å²) >= 11 is 0. The lowest BCUT2D eigenvalue weighted by molar-refractivity contribution is -0.122. The minimum atomic E-state index is -0.172. The lowest BCUT2D eigenvalue weighted by Crippen LogP contribution is -2.41. The van der Waals surface area contributed by atoms with Crippen LogP contribution in [0.5, 0.6) is 0 Å². The van der Waals surface area contributed by atoms with Gasteiger partial charge >= 0.3 is 0 Å². The summed E-state index contributed by atoms with van der Waals surface area (Å²) in [5.74, 6) is -0.194. The number of carbonyl (C=O) groups is 1. The second-order valence-electron chi connectivity index (χ2n) is 5.92. The van der Waals surface area contributed by atoms with Crippen molar-refractivity contribution in [2.45, 2.75) is 39.2 Å². The van der Waals surface area contributed by atoms with Crippen LogP contribution in [0, 0.1) is 5.92 Å². The number of nitrogens with two attached hydrogens (primary N) is 1. The molecule has 2 atom stereocenters. The summed E-state index contributed by atoms with van der Waals surface area (Å²) < 4.78 is 0. The minimum absolute atomic E-state index is 0.0225. The fraction of sp³-hybridized carbons (Fsp3) is 0.588. The molecule has 1 amide bonds. The molecule has 1 aliphatic rings. The van der Waals surface area contributed by atoms with E-state index in [1.807, 2.05) is 0 Å². The number of benzene rings is 1. The van der Waals surface area contributed by atoms with Gasteiger partial charge < -0.3 is 16.0 Å². The molecule has 0 saturated carbocycles. The Morgan fingerprint density at radius 2 is 2.24 bits per heavy atom. The number of para-hydroxylation sites is 1. The Balaban J connectivity index is 2.17. The van der Waals surface area contributed by atoms with Crippen LogP contribution in [-0.4, -0.2) is 25.5 Å². The van der Waals surface area contributed by atoms with Crippen LogP contribution in [0.4, 0.5) is 5.69 Å². The first-order chi connectivity index (χ1) is 10.1. The van der Waals surface area contributed by atoms with Crippen LogP contribution >= 0.6 is 0 Å². The minimum Gasteiger partial charge on any atom is -0.370 e. The van der Waals surface area contributed by atoms with E-state index in [4.69, 9.17) is 5.73 Å². The number of anilines is 1. The first kappa shape index (κ1) is 15.8. The van der Waals surface area contributed by atoms with Crippen molar-refractivity contribution in [3.8, 4) is 0 Å². The van der Waals surface area contributed by atoms with Crippen molar-refractivity contribution >= 4 is 11.6 Å². The summed E-state index contributed by atoms with van der Waals surface area (Å²) in [5.41, 5.74) is 8.03. The van der Waals surface area contributed by atoms with Gasteiger partial charge in [0.15, 0.2) is 0 Å². The monoisotopic (exact) mass is 289 g/mol. The fourth-order valence-electron chi connectivity index (χ4n) is 3.04. The first-order valence-corrected chi connectivity index (χ1v) is 8.00. The lowest BCUT2D eigenvalue weighted by Gasteiger charge is -2.35. The number of primary amides is 1. The second kappa shape index (κ2) is 7.46. The number of hydrogen-bond donors (Lipinski definition) is 2. The molecule has 21 heavy (non-hydrogen) atoms. The number of nitrogens with one attached hydrogen (secondary N) is 1. The number of piperidine rings is 1. The quantitative estimate of drug-likeness (QED) is 0.845. The van der Waals surface area contributed by atoms with Crippen molar-refractivity contribution in [2.75, 3.05) is 24.5 Å². The van der Waals surface area contributed by atoms with Crippen molar-refractivity contribution in [3.05, 3.63) is 29.8 Å². The van der Waals surface area contributed by atoms with Gasteiger partial charge in [-0.25, -0.2) is 0 Å². The maximum absolute atomic E-state index is 11.5. The van der Waals surface area contributed by atoms with E-state index in [0.29, 0.717) is 6.04 Å². The highest BCUT2D eigenvalue weighted by Gasteiger charge is 2.25. The molecule has 1 heterocycles. The number of nitrogens with zero attached hydrogens (tertiary/aromatic N) is 1. The standard InChI is InChI=1S/C17H27N3O/c1-3-10-19-13(2)15-8-4-5-9-16(15)20-11-6-7-14(12-20)17(18)21/h4-5,8-9,13-14,19H,3,6-7,10-12H2,1-2H3,(H2,18,21).